The number of nitriles is 1. The van der Waals surface area contributed by atoms with Gasteiger partial charge in [-0.25, -0.2) is 0 Å². The largest absolute Gasteiger partial charge is 0.490 e. The van der Waals surface area contributed by atoms with Crippen LogP contribution in [0.4, 0.5) is 0 Å². The van der Waals surface area contributed by atoms with Crippen LogP contribution in [0.5, 0.6) is 17.4 Å². The van der Waals surface area contributed by atoms with Gasteiger partial charge in [0, 0.05) is 11.3 Å². The Labute approximate surface area is 195 Å². The van der Waals surface area contributed by atoms with Gasteiger partial charge in [0.05, 0.1) is 22.6 Å². The summed E-state index contributed by atoms with van der Waals surface area (Å²) in [6.45, 7) is 4.49. The highest BCUT2D eigenvalue weighted by Gasteiger charge is 2.34. The molecule has 0 radical (unpaired) electrons. The average molecular weight is 471 g/mol. The molecule has 0 saturated carbocycles. The number of aromatic nitrogens is 2. The molecule has 4 rings (SSSR count). The minimum absolute atomic E-state index is 0.0365. The van der Waals surface area contributed by atoms with Crippen molar-refractivity contribution in [2.24, 2.45) is 5.73 Å². The third kappa shape index (κ3) is 4.07. The van der Waals surface area contributed by atoms with E-state index in [1.165, 1.54) is 0 Å². The third-order valence-electron chi connectivity index (χ3n) is 5.11. The summed E-state index contributed by atoms with van der Waals surface area (Å²) in [5, 5.41) is 17.8. The molecule has 7 nitrogen and oxygen atoms in total. The number of aromatic amines is 1. The summed E-state index contributed by atoms with van der Waals surface area (Å²) in [5.74, 6) is 1.07. The van der Waals surface area contributed by atoms with Crippen LogP contribution < -0.4 is 19.9 Å². The lowest BCUT2D eigenvalue weighted by atomic mass is 9.84. The first-order chi connectivity index (χ1) is 15.4. The number of hydrogen-bond acceptors (Lipinski definition) is 6. The van der Waals surface area contributed by atoms with Gasteiger partial charge in [-0.1, -0.05) is 35.3 Å². The topological polar surface area (TPSA) is 106 Å². The van der Waals surface area contributed by atoms with E-state index in [0.29, 0.717) is 39.6 Å². The Hall–Kier alpha value is -3.34. The molecule has 2 aromatic carbocycles. The third-order valence-corrected chi connectivity index (χ3v) is 5.85. The van der Waals surface area contributed by atoms with E-state index in [-0.39, 0.29) is 12.5 Å². The second-order valence-electron chi connectivity index (χ2n) is 7.17. The number of nitrogens with zero attached hydrogens (tertiary/aromatic N) is 2. The van der Waals surface area contributed by atoms with E-state index in [4.69, 9.17) is 43.1 Å². The smallest absolute Gasteiger partial charge is 0.244 e. The van der Waals surface area contributed by atoms with Crippen molar-refractivity contribution in [3.05, 3.63) is 80.3 Å². The number of nitrogens with two attached hydrogens (primary N) is 1. The standard InChI is InChI=1S/C23H20Cl2N4O3/c1-3-30-19-9-14(5-7-18(19)31-11-13-4-6-16(24)17(25)8-13)21-15(10-26)22(27)32-23-20(21)12(2)28-29-23/h4-9,21H,3,11,27H2,1-2H3,(H,28,29)/t21-/m0/s1. The molecule has 1 aliphatic rings. The number of allylic oxidation sites excluding steroid dienone is 1. The zero-order valence-corrected chi connectivity index (χ0v) is 18.9. The Kier molecular flexibility index (Phi) is 6.17. The van der Waals surface area contributed by atoms with Gasteiger partial charge in [0.1, 0.15) is 18.2 Å². The fourth-order valence-corrected chi connectivity index (χ4v) is 3.93. The summed E-state index contributed by atoms with van der Waals surface area (Å²) in [6.07, 6.45) is 0. The van der Waals surface area contributed by atoms with Crippen LogP contribution in [0.1, 0.15) is 35.2 Å². The fraction of sp³-hybridized carbons (Fsp3) is 0.217. The predicted molar refractivity (Wildman–Crippen MR) is 121 cm³/mol. The summed E-state index contributed by atoms with van der Waals surface area (Å²) in [4.78, 5) is 0. The molecule has 0 bridgehead atoms. The van der Waals surface area contributed by atoms with Crippen molar-refractivity contribution >= 4 is 23.2 Å². The number of H-pyrrole nitrogens is 1. The predicted octanol–water partition coefficient (Wildman–Crippen LogP) is 5.22. The van der Waals surface area contributed by atoms with Crippen LogP contribution in [-0.2, 0) is 6.61 Å². The molecule has 0 unspecified atom stereocenters. The second-order valence-corrected chi connectivity index (χ2v) is 7.98. The molecule has 0 amide bonds. The minimum atomic E-state index is -0.439. The number of benzene rings is 2. The zero-order valence-electron chi connectivity index (χ0n) is 17.4. The van der Waals surface area contributed by atoms with Crippen LogP contribution in [0.3, 0.4) is 0 Å². The average Bonchev–Trinajstić information content (AvgIpc) is 3.14. The van der Waals surface area contributed by atoms with Gasteiger partial charge in [-0.15, -0.1) is 5.10 Å². The molecule has 1 aliphatic heterocycles. The molecular weight excluding hydrogens is 451 g/mol. The van der Waals surface area contributed by atoms with Crippen molar-refractivity contribution in [3.8, 4) is 23.4 Å². The summed E-state index contributed by atoms with van der Waals surface area (Å²) in [7, 11) is 0. The number of fused-ring (bicyclic) bond motifs is 1. The van der Waals surface area contributed by atoms with Gasteiger partial charge in [-0.2, -0.15) is 5.26 Å². The molecule has 1 aromatic heterocycles. The van der Waals surface area contributed by atoms with Crippen LogP contribution in [0.2, 0.25) is 10.0 Å². The zero-order chi connectivity index (χ0) is 22.8. The van der Waals surface area contributed by atoms with Gasteiger partial charge in [0.2, 0.25) is 11.8 Å². The molecule has 164 valence electrons. The SMILES string of the molecule is CCOc1cc([C@H]2C(C#N)=C(N)Oc3n[nH]c(C)c32)ccc1OCc1ccc(Cl)c(Cl)c1. The summed E-state index contributed by atoms with van der Waals surface area (Å²) >= 11 is 12.1. The molecule has 32 heavy (non-hydrogen) atoms. The van der Waals surface area contributed by atoms with Crippen LogP contribution in [-0.4, -0.2) is 16.8 Å². The Morgan fingerprint density at radius 3 is 2.69 bits per heavy atom. The quantitative estimate of drug-likeness (QED) is 0.511. The molecule has 0 aliphatic carbocycles. The van der Waals surface area contributed by atoms with Crippen molar-refractivity contribution in [3.63, 3.8) is 0 Å². The molecule has 3 aromatic rings. The van der Waals surface area contributed by atoms with Crippen LogP contribution in [0.15, 0.2) is 47.9 Å². The van der Waals surface area contributed by atoms with Crippen molar-refractivity contribution in [2.45, 2.75) is 26.4 Å². The number of nitrogens with one attached hydrogen (secondary N) is 1. The van der Waals surface area contributed by atoms with E-state index in [2.05, 4.69) is 16.3 Å². The number of ether oxygens (including phenoxy) is 3. The first-order valence-corrected chi connectivity index (χ1v) is 10.6. The van der Waals surface area contributed by atoms with E-state index in [1.54, 1.807) is 12.1 Å². The molecule has 9 heteroatoms. The highest BCUT2D eigenvalue weighted by molar-refractivity contribution is 6.42. The Morgan fingerprint density at radius 1 is 1.16 bits per heavy atom. The molecule has 1 atom stereocenters. The van der Waals surface area contributed by atoms with Gasteiger partial charge in [-0.05, 0) is 49.2 Å². The lowest BCUT2D eigenvalue weighted by Gasteiger charge is -2.24. The summed E-state index contributed by atoms with van der Waals surface area (Å²) < 4.78 is 17.4. The number of aryl methyl sites for hydroxylation is 1. The number of hydrogen-bond donors (Lipinski definition) is 2. The maximum Gasteiger partial charge on any atom is 0.244 e. The maximum absolute atomic E-state index is 9.75. The highest BCUT2D eigenvalue weighted by Crippen LogP contribution is 2.44. The summed E-state index contributed by atoms with van der Waals surface area (Å²) in [6, 6.07) is 13.1. The second kappa shape index (κ2) is 9.03. The monoisotopic (exact) mass is 470 g/mol. The molecule has 2 heterocycles. The Bertz CT molecular complexity index is 1250. The van der Waals surface area contributed by atoms with Crippen molar-refractivity contribution < 1.29 is 14.2 Å². The van der Waals surface area contributed by atoms with E-state index >= 15 is 0 Å². The van der Waals surface area contributed by atoms with E-state index in [1.807, 2.05) is 38.1 Å². The van der Waals surface area contributed by atoms with Crippen LogP contribution in [0, 0.1) is 18.3 Å². The van der Waals surface area contributed by atoms with Gasteiger partial charge in [0.25, 0.3) is 0 Å². The van der Waals surface area contributed by atoms with Gasteiger partial charge in [-0.3, -0.25) is 5.10 Å². The molecule has 3 N–H and O–H groups in total. The minimum Gasteiger partial charge on any atom is -0.490 e. The lowest BCUT2D eigenvalue weighted by molar-refractivity contribution is 0.269. The molecule has 0 fully saturated rings. The Morgan fingerprint density at radius 2 is 1.97 bits per heavy atom. The van der Waals surface area contributed by atoms with E-state index in [0.717, 1.165) is 22.4 Å². The normalized spacial score (nSPS) is 15.0. The molecular formula is C23H20Cl2N4O3. The number of halogens is 2. The van der Waals surface area contributed by atoms with Crippen molar-refractivity contribution in [1.29, 1.82) is 5.26 Å². The van der Waals surface area contributed by atoms with E-state index < -0.39 is 5.92 Å². The first-order valence-electron chi connectivity index (χ1n) is 9.88. The van der Waals surface area contributed by atoms with Crippen molar-refractivity contribution in [1.82, 2.24) is 10.2 Å². The van der Waals surface area contributed by atoms with Gasteiger partial charge in [0.15, 0.2) is 11.5 Å². The van der Waals surface area contributed by atoms with E-state index in [9.17, 15) is 5.26 Å². The highest BCUT2D eigenvalue weighted by atomic mass is 35.5. The molecule has 0 spiro atoms. The molecule has 0 saturated heterocycles. The van der Waals surface area contributed by atoms with Crippen LogP contribution in [0.25, 0.3) is 0 Å². The van der Waals surface area contributed by atoms with Gasteiger partial charge < -0.3 is 19.9 Å². The number of rotatable bonds is 6. The maximum atomic E-state index is 9.75. The lowest BCUT2D eigenvalue weighted by Crippen LogP contribution is -2.21. The summed E-state index contributed by atoms with van der Waals surface area (Å²) in [5.41, 5.74) is 9.56. The van der Waals surface area contributed by atoms with Crippen molar-refractivity contribution in [2.75, 3.05) is 6.61 Å². The van der Waals surface area contributed by atoms with Gasteiger partial charge >= 0.3 is 0 Å². The Balaban J connectivity index is 1.69. The fourth-order valence-electron chi connectivity index (χ4n) is 3.61. The first kappa shape index (κ1) is 21.9. The van der Waals surface area contributed by atoms with Crippen LogP contribution >= 0.6 is 23.2 Å².